The van der Waals surface area contributed by atoms with Crippen LogP contribution in [0.5, 0.6) is 5.75 Å². The summed E-state index contributed by atoms with van der Waals surface area (Å²) < 4.78 is 6.02. The van der Waals surface area contributed by atoms with Crippen LogP contribution in [0.3, 0.4) is 0 Å². The Balaban J connectivity index is 1.23. The van der Waals surface area contributed by atoms with E-state index in [9.17, 15) is 15.0 Å². The van der Waals surface area contributed by atoms with Gasteiger partial charge in [-0.25, -0.2) is 5.01 Å². The molecule has 7 heteroatoms. The number of ether oxygens (including phenoxy) is 1. The number of aryl methyl sites for hydroxylation is 1. The summed E-state index contributed by atoms with van der Waals surface area (Å²) in [6, 6.07) is 32.6. The monoisotopic (exact) mass is 619 g/mol. The first kappa shape index (κ1) is 32.8. The second-order valence-corrected chi connectivity index (χ2v) is 12.9. The molecule has 0 aromatic heterocycles. The van der Waals surface area contributed by atoms with Crippen molar-refractivity contribution in [3.8, 4) is 16.9 Å². The summed E-state index contributed by atoms with van der Waals surface area (Å²) in [6.45, 7) is 10.3. The molecule has 0 aliphatic carbocycles. The molecule has 0 saturated carbocycles. The fraction of sp³-hybridized carbons (Fsp3) is 0.333. The summed E-state index contributed by atoms with van der Waals surface area (Å²) in [5.41, 5.74) is 7.36. The van der Waals surface area contributed by atoms with Crippen LogP contribution >= 0.6 is 0 Å². The number of amidine groups is 1. The second kappa shape index (κ2) is 14.6. The molecule has 1 atom stereocenters. The Labute approximate surface area is 272 Å². The number of hydrazone groups is 1. The lowest BCUT2D eigenvalue weighted by molar-refractivity contribution is -0.136. The lowest BCUT2D eigenvalue weighted by Gasteiger charge is -2.26. The predicted molar refractivity (Wildman–Crippen MR) is 183 cm³/mol. The van der Waals surface area contributed by atoms with E-state index in [-0.39, 0.29) is 11.8 Å². The highest BCUT2D eigenvalue weighted by atomic mass is 16.5. The van der Waals surface area contributed by atoms with Crippen LogP contribution in [0, 0.1) is 0 Å². The minimum absolute atomic E-state index is 0.0983. The normalized spacial score (nSPS) is 14.8. The Morgan fingerprint density at radius 2 is 1.57 bits per heavy atom. The lowest BCUT2D eigenvalue weighted by Crippen LogP contribution is -2.41. The number of rotatable bonds is 13. The van der Waals surface area contributed by atoms with E-state index in [1.807, 2.05) is 66.4 Å². The van der Waals surface area contributed by atoms with Gasteiger partial charge in [0.2, 0.25) is 6.35 Å². The number of nitrogens with zero attached hydrogens (tertiary/aromatic N) is 3. The van der Waals surface area contributed by atoms with Crippen molar-refractivity contribution >= 4 is 11.8 Å². The maximum Gasteiger partial charge on any atom is 0.307 e. The van der Waals surface area contributed by atoms with E-state index in [1.54, 1.807) is 5.01 Å². The molecular formula is C39H45N3O4. The lowest BCUT2D eigenvalue weighted by atomic mass is 9.87. The summed E-state index contributed by atoms with van der Waals surface area (Å²) in [7, 11) is 0. The highest BCUT2D eigenvalue weighted by molar-refractivity contribution is 5.83. The molecule has 46 heavy (non-hydrogen) atoms. The van der Waals surface area contributed by atoms with Gasteiger partial charge in [0.15, 0.2) is 0 Å². The van der Waals surface area contributed by atoms with Gasteiger partial charge in [-0.1, -0.05) is 106 Å². The van der Waals surface area contributed by atoms with Crippen LogP contribution in [0.25, 0.3) is 11.1 Å². The van der Waals surface area contributed by atoms with Crippen LogP contribution in [-0.2, 0) is 36.2 Å². The molecule has 5 rings (SSSR count). The Kier molecular flexibility index (Phi) is 10.4. The van der Waals surface area contributed by atoms with Gasteiger partial charge in [0.25, 0.3) is 0 Å². The molecule has 1 unspecified atom stereocenters. The molecule has 0 spiro atoms. The molecule has 7 nitrogen and oxygen atoms in total. The molecule has 4 aromatic carbocycles. The van der Waals surface area contributed by atoms with E-state index in [0.717, 1.165) is 47.4 Å². The maximum absolute atomic E-state index is 11.7. The van der Waals surface area contributed by atoms with E-state index < -0.39 is 12.3 Å². The third kappa shape index (κ3) is 8.34. The molecule has 2 N–H and O–H groups in total. The van der Waals surface area contributed by atoms with Crippen LogP contribution in [0.1, 0.15) is 68.4 Å². The number of hydrogen-bond acceptors (Lipinski definition) is 6. The number of carbonyl (C=O) groups is 1. The predicted octanol–water partition coefficient (Wildman–Crippen LogP) is 7.61. The quantitative estimate of drug-likeness (QED) is 0.160. The zero-order valence-corrected chi connectivity index (χ0v) is 27.3. The highest BCUT2D eigenvalue weighted by Gasteiger charge is 2.31. The molecule has 4 aromatic rings. The summed E-state index contributed by atoms with van der Waals surface area (Å²) in [5, 5.41) is 27.2. The summed E-state index contributed by atoms with van der Waals surface area (Å²) in [4.78, 5) is 13.6. The zero-order chi connectivity index (χ0) is 32.7. The SMILES string of the molecule is CCN1C(CCCc2cccc(-c3ccc(OCc4ccccc4)c(CC(=O)O)c3)c2)=NN(Cc2ccc(C(C)(C)C)cc2)C1O. The number of carboxylic acids is 1. The smallest absolute Gasteiger partial charge is 0.307 e. The van der Waals surface area contributed by atoms with E-state index in [2.05, 4.69) is 63.2 Å². The van der Waals surface area contributed by atoms with Crippen LogP contribution in [0.4, 0.5) is 0 Å². The van der Waals surface area contributed by atoms with Gasteiger partial charge in [-0.2, -0.15) is 5.10 Å². The molecule has 0 fully saturated rings. The minimum atomic E-state index is -0.895. The van der Waals surface area contributed by atoms with Crippen molar-refractivity contribution in [2.75, 3.05) is 6.54 Å². The van der Waals surface area contributed by atoms with Crippen LogP contribution < -0.4 is 4.74 Å². The Bertz CT molecular complexity index is 1640. The molecule has 1 aliphatic rings. The van der Waals surface area contributed by atoms with Crippen molar-refractivity contribution in [1.29, 1.82) is 0 Å². The Morgan fingerprint density at radius 3 is 2.26 bits per heavy atom. The summed E-state index contributed by atoms with van der Waals surface area (Å²) in [5.74, 6) is 0.595. The number of carboxylic acid groups (broad SMARTS) is 1. The minimum Gasteiger partial charge on any atom is -0.489 e. The third-order valence-electron chi connectivity index (χ3n) is 8.39. The summed E-state index contributed by atoms with van der Waals surface area (Å²) in [6.07, 6.45) is 1.61. The average Bonchev–Trinajstić information content (AvgIpc) is 3.33. The van der Waals surface area contributed by atoms with Gasteiger partial charge in [0.1, 0.15) is 18.2 Å². The molecule has 1 aliphatic heterocycles. The maximum atomic E-state index is 11.7. The largest absolute Gasteiger partial charge is 0.489 e. The van der Waals surface area contributed by atoms with Crippen LogP contribution in [0.15, 0.2) is 102 Å². The number of aliphatic carboxylic acids is 1. The van der Waals surface area contributed by atoms with Crippen molar-refractivity contribution in [2.45, 2.75) is 78.3 Å². The fourth-order valence-corrected chi connectivity index (χ4v) is 5.80. The van der Waals surface area contributed by atoms with E-state index in [1.165, 1.54) is 11.1 Å². The topological polar surface area (TPSA) is 85.6 Å². The average molecular weight is 620 g/mol. The summed E-state index contributed by atoms with van der Waals surface area (Å²) >= 11 is 0. The zero-order valence-electron chi connectivity index (χ0n) is 27.3. The first-order valence-electron chi connectivity index (χ1n) is 16.1. The molecule has 0 radical (unpaired) electrons. The second-order valence-electron chi connectivity index (χ2n) is 12.9. The Morgan fingerprint density at radius 1 is 0.848 bits per heavy atom. The molecule has 0 saturated heterocycles. The van der Waals surface area contributed by atoms with Crippen molar-refractivity contribution in [3.05, 3.63) is 125 Å². The van der Waals surface area contributed by atoms with Gasteiger partial charge in [-0.3, -0.25) is 4.79 Å². The van der Waals surface area contributed by atoms with Gasteiger partial charge in [-0.05, 0) is 70.7 Å². The number of benzene rings is 4. The fourth-order valence-electron chi connectivity index (χ4n) is 5.80. The molecule has 0 bridgehead atoms. The van der Waals surface area contributed by atoms with Gasteiger partial charge in [0, 0.05) is 18.5 Å². The van der Waals surface area contributed by atoms with Gasteiger partial charge < -0.3 is 19.8 Å². The van der Waals surface area contributed by atoms with Crippen molar-refractivity contribution < 1.29 is 19.7 Å². The van der Waals surface area contributed by atoms with Crippen LogP contribution in [0.2, 0.25) is 0 Å². The third-order valence-corrected chi connectivity index (χ3v) is 8.39. The first-order valence-corrected chi connectivity index (χ1v) is 16.1. The number of aliphatic hydroxyl groups is 1. The van der Waals surface area contributed by atoms with Crippen molar-refractivity contribution in [2.24, 2.45) is 5.10 Å². The Hall–Kier alpha value is -4.62. The standard InChI is InChI=1S/C39H45N3O4/c1-5-41-36(40-42(38(41)45)26-29-17-20-34(21-18-29)39(2,3)4)16-10-14-28-13-9-15-31(23-28)32-19-22-35(33(24-32)25-37(43)44)46-27-30-11-7-6-8-12-30/h6-9,11-13,15,17-24,38,45H,5,10,14,16,25-27H2,1-4H3,(H,43,44). The molecular weight excluding hydrogens is 574 g/mol. The molecule has 240 valence electrons. The van der Waals surface area contributed by atoms with Crippen molar-refractivity contribution in [3.63, 3.8) is 0 Å². The first-order chi connectivity index (χ1) is 22.1. The van der Waals surface area contributed by atoms with E-state index >= 15 is 0 Å². The molecule has 0 amide bonds. The highest BCUT2D eigenvalue weighted by Crippen LogP contribution is 2.30. The van der Waals surface area contributed by atoms with E-state index in [4.69, 9.17) is 9.84 Å². The van der Waals surface area contributed by atoms with Crippen molar-refractivity contribution in [1.82, 2.24) is 9.91 Å². The number of aliphatic hydroxyl groups excluding tert-OH is 1. The van der Waals surface area contributed by atoms with Gasteiger partial charge in [0.05, 0.1) is 13.0 Å². The number of hydrogen-bond donors (Lipinski definition) is 2. The van der Waals surface area contributed by atoms with E-state index in [0.29, 0.717) is 31.0 Å². The van der Waals surface area contributed by atoms with Gasteiger partial charge >= 0.3 is 5.97 Å². The van der Waals surface area contributed by atoms with Gasteiger partial charge in [-0.15, -0.1) is 0 Å². The molecule has 1 heterocycles. The van der Waals surface area contributed by atoms with Crippen LogP contribution in [-0.4, -0.2) is 44.8 Å².